The number of thioether (sulfide) groups is 1. The van der Waals surface area contributed by atoms with Gasteiger partial charge in [0.05, 0.1) is 11.4 Å². The van der Waals surface area contributed by atoms with Crippen LogP contribution in [0, 0.1) is 12.3 Å². The summed E-state index contributed by atoms with van der Waals surface area (Å²) in [6, 6.07) is 2.03. The van der Waals surface area contributed by atoms with E-state index < -0.39 is 0 Å². The Kier molecular flexibility index (Phi) is 3.42. The van der Waals surface area contributed by atoms with Crippen LogP contribution in [0.15, 0.2) is 6.07 Å². The molecule has 0 radical (unpaired) electrons. The zero-order chi connectivity index (χ0) is 9.84. The van der Waals surface area contributed by atoms with Crippen molar-refractivity contribution in [2.45, 2.75) is 13.8 Å². The van der Waals surface area contributed by atoms with E-state index in [0.29, 0.717) is 5.04 Å². The van der Waals surface area contributed by atoms with Gasteiger partial charge in [-0.15, -0.1) is 11.8 Å². The van der Waals surface area contributed by atoms with Gasteiger partial charge in [0.2, 0.25) is 0 Å². The quantitative estimate of drug-likeness (QED) is 0.515. The van der Waals surface area contributed by atoms with Gasteiger partial charge in [-0.05, 0) is 26.2 Å². The van der Waals surface area contributed by atoms with Crippen LogP contribution in [0.2, 0.25) is 0 Å². The summed E-state index contributed by atoms with van der Waals surface area (Å²) in [6.45, 7) is 4.93. The van der Waals surface area contributed by atoms with E-state index in [-0.39, 0.29) is 0 Å². The first kappa shape index (κ1) is 10.2. The van der Waals surface area contributed by atoms with Crippen LogP contribution in [0.25, 0.3) is 0 Å². The van der Waals surface area contributed by atoms with Gasteiger partial charge >= 0.3 is 0 Å². The van der Waals surface area contributed by atoms with Crippen molar-refractivity contribution in [3.8, 4) is 0 Å². The molecule has 0 saturated heterocycles. The molecular weight excluding hydrogens is 182 g/mol. The summed E-state index contributed by atoms with van der Waals surface area (Å²) in [7, 11) is 0. The topological polar surface area (TPSA) is 51.7 Å². The van der Waals surface area contributed by atoms with Crippen molar-refractivity contribution in [2.24, 2.45) is 0 Å². The number of nitrogens with one attached hydrogen (secondary N) is 3. The van der Waals surface area contributed by atoms with E-state index in [1.165, 1.54) is 11.8 Å². The molecule has 0 aliphatic rings. The summed E-state index contributed by atoms with van der Waals surface area (Å²) in [5.41, 5.74) is 3.01. The lowest BCUT2D eigenvalue weighted by molar-refractivity contribution is 1.20. The fraction of sp³-hybridized carbons (Fsp3) is 0.444. The average molecular weight is 197 g/mol. The lowest BCUT2D eigenvalue weighted by Gasteiger charge is -2.03. The van der Waals surface area contributed by atoms with Crippen molar-refractivity contribution < 1.29 is 0 Å². The average Bonchev–Trinajstić information content (AvgIpc) is 2.46. The van der Waals surface area contributed by atoms with Crippen molar-refractivity contribution >= 4 is 22.5 Å². The van der Waals surface area contributed by atoms with Gasteiger partial charge in [-0.2, -0.15) is 0 Å². The van der Waals surface area contributed by atoms with Crippen molar-refractivity contribution in [2.75, 3.05) is 18.1 Å². The van der Waals surface area contributed by atoms with Gasteiger partial charge in [-0.25, -0.2) is 0 Å². The Morgan fingerprint density at radius 1 is 1.69 bits per heavy atom. The normalized spacial score (nSPS) is 10.1. The highest BCUT2D eigenvalue weighted by atomic mass is 32.2. The third-order valence-electron chi connectivity index (χ3n) is 1.75. The zero-order valence-corrected chi connectivity index (χ0v) is 9.01. The molecule has 13 heavy (non-hydrogen) atoms. The molecule has 0 amide bonds. The Morgan fingerprint density at radius 2 is 2.38 bits per heavy atom. The molecule has 0 bridgehead atoms. The second-order valence-electron chi connectivity index (χ2n) is 2.80. The summed E-state index contributed by atoms with van der Waals surface area (Å²) in [5.74, 6) is 0. The maximum Gasteiger partial charge on any atom is 0.113 e. The SMILES string of the molecule is CCNc1cc(C)[nH]c1C(=N)SC. The van der Waals surface area contributed by atoms with Crippen molar-refractivity contribution in [1.29, 1.82) is 5.41 Å². The van der Waals surface area contributed by atoms with Crippen molar-refractivity contribution in [3.63, 3.8) is 0 Å². The number of hydrogen-bond donors (Lipinski definition) is 3. The van der Waals surface area contributed by atoms with Crippen LogP contribution in [-0.2, 0) is 0 Å². The van der Waals surface area contributed by atoms with E-state index in [1.807, 2.05) is 19.2 Å². The van der Waals surface area contributed by atoms with E-state index in [9.17, 15) is 0 Å². The minimum absolute atomic E-state index is 0.573. The predicted octanol–water partition coefficient (Wildman–Crippen LogP) is 2.44. The third-order valence-corrected chi connectivity index (χ3v) is 2.36. The maximum atomic E-state index is 7.70. The molecule has 0 aliphatic heterocycles. The molecule has 72 valence electrons. The van der Waals surface area contributed by atoms with Gasteiger partial charge in [0.1, 0.15) is 5.04 Å². The molecule has 4 heteroatoms. The van der Waals surface area contributed by atoms with E-state index in [1.54, 1.807) is 0 Å². The number of hydrogen-bond acceptors (Lipinski definition) is 3. The van der Waals surface area contributed by atoms with Crippen LogP contribution >= 0.6 is 11.8 Å². The Balaban J connectivity index is 2.96. The fourth-order valence-electron chi connectivity index (χ4n) is 1.20. The zero-order valence-electron chi connectivity index (χ0n) is 8.19. The molecule has 0 saturated carbocycles. The number of aryl methyl sites for hydroxylation is 1. The number of H-pyrrole nitrogens is 1. The molecule has 1 heterocycles. The minimum atomic E-state index is 0.573. The lowest BCUT2D eigenvalue weighted by atomic mass is 10.3. The van der Waals surface area contributed by atoms with Crippen molar-refractivity contribution in [1.82, 2.24) is 4.98 Å². The summed E-state index contributed by atoms with van der Waals surface area (Å²) in [5, 5.41) is 11.5. The molecule has 1 aromatic heterocycles. The van der Waals surface area contributed by atoms with E-state index >= 15 is 0 Å². The van der Waals surface area contributed by atoms with Crippen LogP contribution < -0.4 is 5.32 Å². The predicted molar refractivity (Wildman–Crippen MR) is 60.0 cm³/mol. The number of rotatable bonds is 3. The summed E-state index contributed by atoms with van der Waals surface area (Å²) in [4.78, 5) is 3.17. The number of aromatic amines is 1. The highest BCUT2D eigenvalue weighted by Gasteiger charge is 2.08. The van der Waals surface area contributed by atoms with Crippen LogP contribution in [0.5, 0.6) is 0 Å². The van der Waals surface area contributed by atoms with E-state index in [4.69, 9.17) is 5.41 Å². The van der Waals surface area contributed by atoms with Crippen LogP contribution in [0.1, 0.15) is 18.3 Å². The first-order valence-electron chi connectivity index (χ1n) is 4.25. The van der Waals surface area contributed by atoms with Crippen LogP contribution in [0.3, 0.4) is 0 Å². The highest BCUT2D eigenvalue weighted by molar-refractivity contribution is 8.13. The Morgan fingerprint density at radius 3 is 2.92 bits per heavy atom. The monoisotopic (exact) mass is 197 g/mol. The van der Waals surface area contributed by atoms with Gasteiger partial charge in [0, 0.05) is 12.2 Å². The maximum absolute atomic E-state index is 7.70. The molecule has 0 aromatic carbocycles. The van der Waals surface area contributed by atoms with Crippen molar-refractivity contribution in [3.05, 3.63) is 17.5 Å². The summed E-state index contributed by atoms with van der Waals surface area (Å²) < 4.78 is 0. The second-order valence-corrected chi connectivity index (χ2v) is 3.62. The van der Waals surface area contributed by atoms with Gasteiger partial charge < -0.3 is 10.3 Å². The molecule has 1 rings (SSSR count). The van der Waals surface area contributed by atoms with Crippen LogP contribution in [0.4, 0.5) is 5.69 Å². The molecule has 3 nitrogen and oxygen atoms in total. The molecule has 0 aliphatic carbocycles. The summed E-state index contributed by atoms with van der Waals surface area (Å²) in [6.07, 6.45) is 1.91. The first-order chi connectivity index (χ1) is 6.19. The second kappa shape index (κ2) is 4.37. The molecule has 3 N–H and O–H groups in total. The fourth-order valence-corrected chi connectivity index (χ4v) is 1.57. The highest BCUT2D eigenvalue weighted by Crippen LogP contribution is 2.20. The minimum Gasteiger partial charge on any atom is -0.384 e. The van der Waals surface area contributed by atoms with Gasteiger partial charge in [-0.1, -0.05) is 0 Å². The first-order valence-corrected chi connectivity index (χ1v) is 5.48. The standard InChI is InChI=1S/C9H15N3S/c1-4-11-7-5-6(2)12-8(7)9(10)13-3/h5,10-12H,4H2,1-3H3. The smallest absolute Gasteiger partial charge is 0.113 e. The molecule has 0 spiro atoms. The van der Waals surface area contributed by atoms with Gasteiger partial charge in [0.15, 0.2) is 0 Å². The number of aromatic nitrogens is 1. The third kappa shape index (κ3) is 2.28. The Hall–Kier alpha value is -0.900. The number of anilines is 1. The molecule has 0 unspecified atom stereocenters. The largest absolute Gasteiger partial charge is 0.384 e. The van der Waals surface area contributed by atoms with E-state index in [0.717, 1.165) is 23.6 Å². The summed E-state index contributed by atoms with van der Waals surface area (Å²) >= 11 is 1.44. The van der Waals surface area contributed by atoms with E-state index in [2.05, 4.69) is 17.2 Å². The Labute approximate surface area is 82.8 Å². The molecule has 0 fully saturated rings. The van der Waals surface area contributed by atoms with Crippen LogP contribution in [-0.4, -0.2) is 22.8 Å². The molecule has 1 aromatic rings. The molecule has 0 atom stereocenters. The van der Waals surface area contributed by atoms with Gasteiger partial charge in [0.25, 0.3) is 0 Å². The van der Waals surface area contributed by atoms with Gasteiger partial charge in [-0.3, -0.25) is 5.41 Å². The molecular formula is C9H15N3S. The lowest BCUT2D eigenvalue weighted by Crippen LogP contribution is -2.02. The Bertz CT molecular complexity index is 304.